The van der Waals surface area contributed by atoms with Crippen molar-refractivity contribution < 1.29 is 18.3 Å². The molecule has 46 heavy (non-hydrogen) atoms. The Bertz CT molecular complexity index is 1770. The number of hydrogen-bond acceptors (Lipinski definition) is 0. The van der Waals surface area contributed by atoms with Gasteiger partial charge < -0.3 is 0 Å². The monoisotopic (exact) mass is 684 g/mol. The molecule has 2 atom stereocenters. The van der Waals surface area contributed by atoms with E-state index < -0.39 is 18.3 Å². The summed E-state index contributed by atoms with van der Waals surface area (Å²) in [6.07, 6.45) is 9.66. The predicted octanol–water partition coefficient (Wildman–Crippen LogP) is 12.5. The van der Waals surface area contributed by atoms with E-state index in [2.05, 4.69) is 178 Å². The van der Waals surface area contributed by atoms with Gasteiger partial charge in [-0.25, -0.2) is 0 Å². The quantitative estimate of drug-likeness (QED) is 0.189. The van der Waals surface area contributed by atoms with Gasteiger partial charge in [0.15, 0.2) is 0 Å². The Morgan fingerprint density at radius 3 is 1.30 bits per heavy atom. The molecule has 4 aromatic rings. The molecular weight excluding hydrogens is 632 g/mol. The Morgan fingerprint density at radius 1 is 0.587 bits per heavy atom. The van der Waals surface area contributed by atoms with Crippen LogP contribution in [0.1, 0.15) is 111 Å². The van der Waals surface area contributed by atoms with Crippen LogP contribution >= 0.6 is 0 Å². The average molecular weight is 686 g/mol. The van der Waals surface area contributed by atoms with Gasteiger partial charge in [-0.3, -0.25) is 0 Å². The SMILES string of the molecule is [CH2]=[Zr]([CH]1C=CC=C1)([CH](C)c1ccccc1)([CH](C)c1ccccc1)[CH]1c2cc(C)c(C(C)(C)C)cc2-c2cc(C(C)(C)C)c(C)cc21. The fourth-order valence-corrected chi connectivity index (χ4v) is 30.6. The van der Waals surface area contributed by atoms with Crippen molar-refractivity contribution in [3.63, 3.8) is 0 Å². The van der Waals surface area contributed by atoms with E-state index >= 15 is 0 Å². The predicted molar refractivity (Wildman–Crippen MR) is 199 cm³/mol. The van der Waals surface area contributed by atoms with Crippen LogP contribution < -0.4 is 0 Å². The third-order valence-corrected chi connectivity index (χ3v) is 34.3. The van der Waals surface area contributed by atoms with Crippen LogP contribution in [-0.2, 0) is 29.1 Å². The van der Waals surface area contributed by atoms with Crippen molar-refractivity contribution in [1.82, 2.24) is 0 Å². The van der Waals surface area contributed by atoms with Gasteiger partial charge in [0.2, 0.25) is 0 Å². The first-order valence-electron chi connectivity index (χ1n) is 17.4. The summed E-state index contributed by atoms with van der Waals surface area (Å²) in [5, 5.41) is 0. The molecule has 0 aromatic heterocycles. The third-order valence-electron chi connectivity index (χ3n) is 12.3. The summed E-state index contributed by atoms with van der Waals surface area (Å²) in [6, 6.07) is 33.1. The Hall–Kier alpha value is -2.89. The molecule has 4 aromatic carbocycles. The number of rotatable bonds is 6. The van der Waals surface area contributed by atoms with Gasteiger partial charge in [0.25, 0.3) is 0 Å². The fourth-order valence-electron chi connectivity index (χ4n) is 9.79. The summed E-state index contributed by atoms with van der Waals surface area (Å²) < 4.78 is 7.15. The molecule has 2 aliphatic rings. The zero-order valence-corrected chi connectivity index (χ0v) is 32.4. The molecule has 0 saturated heterocycles. The van der Waals surface area contributed by atoms with Gasteiger partial charge >= 0.3 is 282 Å². The van der Waals surface area contributed by atoms with Crippen molar-refractivity contribution in [2.75, 3.05) is 0 Å². The van der Waals surface area contributed by atoms with E-state index in [0.29, 0.717) is 10.9 Å². The Balaban J connectivity index is 1.81. The third kappa shape index (κ3) is 4.91. The van der Waals surface area contributed by atoms with Crippen LogP contribution in [0.4, 0.5) is 0 Å². The number of fused-ring (bicyclic) bond motifs is 3. The average Bonchev–Trinajstić information content (AvgIpc) is 3.66. The van der Waals surface area contributed by atoms with Crippen LogP contribution in [0.25, 0.3) is 11.1 Å². The second-order valence-corrected chi connectivity index (χ2v) is 33.1. The molecular formula is C45H54Zr. The summed E-state index contributed by atoms with van der Waals surface area (Å²) in [4.78, 5) is 0. The van der Waals surface area contributed by atoms with Crippen molar-refractivity contribution in [2.24, 2.45) is 0 Å². The van der Waals surface area contributed by atoms with Gasteiger partial charge in [-0.2, -0.15) is 0 Å². The van der Waals surface area contributed by atoms with Crippen LogP contribution in [0.15, 0.2) is 109 Å². The van der Waals surface area contributed by atoms with E-state index in [9.17, 15) is 0 Å². The number of allylic oxidation sites excluding steroid dienone is 4. The summed E-state index contributed by atoms with van der Waals surface area (Å²) in [6.45, 7) is 24.0. The maximum atomic E-state index is 5.92. The van der Waals surface area contributed by atoms with Crippen LogP contribution in [0.3, 0.4) is 0 Å². The van der Waals surface area contributed by atoms with Crippen molar-refractivity contribution >= 4 is 4.21 Å². The minimum atomic E-state index is -4.65. The Kier molecular flexibility index (Phi) is 8.17. The zero-order valence-electron chi connectivity index (χ0n) is 29.9. The molecule has 0 heterocycles. The van der Waals surface area contributed by atoms with Gasteiger partial charge in [-0.15, -0.1) is 0 Å². The zero-order chi connectivity index (χ0) is 33.3. The Morgan fingerprint density at radius 2 is 0.957 bits per heavy atom. The van der Waals surface area contributed by atoms with Gasteiger partial charge in [0, 0.05) is 0 Å². The van der Waals surface area contributed by atoms with Crippen molar-refractivity contribution in [1.29, 1.82) is 0 Å². The van der Waals surface area contributed by atoms with Crippen molar-refractivity contribution in [3.05, 3.63) is 154 Å². The van der Waals surface area contributed by atoms with E-state index in [1.165, 1.54) is 55.6 Å². The molecule has 238 valence electrons. The van der Waals surface area contributed by atoms with E-state index in [4.69, 9.17) is 4.21 Å². The summed E-state index contributed by atoms with van der Waals surface area (Å²) >= 11 is -4.65. The van der Waals surface area contributed by atoms with Gasteiger partial charge in [0.1, 0.15) is 0 Å². The van der Waals surface area contributed by atoms with E-state index in [1.807, 2.05) is 0 Å². The number of aryl methyl sites for hydroxylation is 2. The molecule has 0 saturated carbocycles. The van der Waals surface area contributed by atoms with E-state index in [-0.39, 0.29) is 14.5 Å². The summed E-state index contributed by atoms with van der Waals surface area (Å²) in [5.74, 6) is 0. The molecule has 0 bridgehead atoms. The molecule has 2 unspecified atom stereocenters. The first-order chi connectivity index (χ1) is 21.6. The van der Waals surface area contributed by atoms with Gasteiger partial charge in [-0.05, 0) is 0 Å². The van der Waals surface area contributed by atoms with Gasteiger partial charge in [0.05, 0.1) is 0 Å². The molecule has 1 heteroatoms. The molecule has 0 fully saturated rings. The second kappa shape index (κ2) is 11.4. The first-order valence-corrected chi connectivity index (χ1v) is 24.8. The molecule has 0 spiro atoms. The van der Waals surface area contributed by atoms with Crippen molar-refractivity contribution in [2.45, 2.75) is 94.6 Å². The minimum absolute atomic E-state index is 0.0585. The molecule has 2 aliphatic carbocycles. The summed E-state index contributed by atoms with van der Waals surface area (Å²) in [5.41, 5.74) is 14.6. The molecule has 0 nitrogen and oxygen atoms in total. The van der Waals surface area contributed by atoms with E-state index in [0.717, 1.165) is 0 Å². The first kappa shape index (κ1) is 33.0. The second-order valence-electron chi connectivity index (χ2n) is 16.8. The molecule has 0 aliphatic heterocycles. The summed E-state index contributed by atoms with van der Waals surface area (Å²) in [7, 11) is 0. The van der Waals surface area contributed by atoms with E-state index in [1.54, 1.807) is 0 Å². The van der Waals surface area contributed by atoms with Crippen LogP contribution in [0.5, 0.6) is 0 Å². The molecule has 0 radical (unpaired) electrons. The van der Waals surface area contributed by atoms with Crippen LogP contribution in [-0.4, -0.2) is 4.21 Å². The van der Waals surface area contributed by atoms with Crippen molar-refractivity contribution in [3.8, 4) is 11.1 Å². The maximum absolute atomic E-state index is 5.92. The molecule has 6 rings (SSSR count). The fraction of sp³-hybridized carbons (Fsp3) is 0.356. The number of hydrogen-bond donors (Lipinski definition) is 0. The molecule has 0 amide bonds. The van der Waals surface area contributed by atoms with Gasteiger partial charge in [-0.1, -0.05) is 0 Å². The Labute approximate surface area is 280 Å². The normalized spacial score (nSPS) is 16.8. The van der Waals surface area contributed by atoms with Crippen LogP contribution in [0, 0.1) is 13.8 Å². The standard InChI is InChI=1S/C23H29.2C8H9.C5H5.CH2.Zr/c1-14-9-16-11-17-10-15(2)21(23(6,7)8)13-19(17)18(16)12-20(14)22(3,4)5;2*1-2-8-6-4-3-5-7-8;1-2-4-5-3-1;;/h9-13H,1-8H3;2*2-7H,1H3;1-5H;1H2;. The molecule has 0 N–H and O–H groups in total. The number of benzene rings is 4. The topological polar surface area (TPSA) is 0 Å². The van der Waals surface area contributed by atoms with Crippen LogP contribution in [0.2, 0.25) is 3.63 Å².